The fraction of sp³-hybridized carbons (Fsp3) is 0.462. The van der Waals surface area contributed by atoms with Gasteiger partial charge in [-0.1, -0.05) is 17.7 Å². The third kappa shape index (κ3) is 4.43. The monoisotopic (exact) mass is 467 g/mol. The van der Waals surface area contributed by atoms with Gasteiger partial charge in [0.05, 0.1) is 10.5 Å². The molecule has 4 saturated carbocycles. The Labute approximate surface area is 194 Å². The summed E-state index contributed by atoms with van der Waals surface area (Å²) in [7, 11) is -3.78. The molecular weight excluding hydrogens is 438 g/mol. The molecule has 0 heterocycles. The van der Waals surface area contributed by atoms with Crippen LogP contribution in [0.15, 0.2) is 53.4 Å². The van der Waals surface area contributed by atoms with Gasteiger partial charge >= 0.3 is 5.97 Å². The van der Waals surface area contributed by atoms with Gasteiger partial charge in [0.1, 0.15) is 0 Å². The van der Waals surface area contributed by atoms with Crippen molar-refractivity contribution in [3.05, 3.63) is 59.7 Å². The Morgan fingerprint density at radius 2 is 1.45 bits per heavy atom. The molecule has 7 heteroatoms. The van der Waals surface area contributed by atoms with E-state index in [-0.39, 0.29) is 28.3 Å². The Morgan fingerprint density at radius 1 is 0.909 bits per heavy atom. The van der Waals surface area contributed by atoms with Crippen molar-refractivity contribution in [3.63, 3.8) is 0 Å². The average molecular weight is 468 g/mol. The molecule has 2 aromatic rings. The van der Waals surface area contributed by atoms with Crippen molar-refractivity contribution in [2.24, 2.45) is 23.2 Å². The largest absolute Gasteiger partial charge is 0.454 e. The number of nitrogens with one attached hydrogen (secondary N) is 1. The molecule has 6 rings (SSSR count). The van der Waals surface area contributed by atoms with E-state index in [2.05, 4.69) is 4.72 Å². The van der Waals surface area contributed by atoms with Crippen LogP contribution in [0.3, 0.4) is 0 Å². The summed E-state index contributed by atoms with van der Waals surface area (Å²) in [5, 5.41) is 0. The fourth-order valence-corrected chi connectivity index (χ4v) is 7.48. The number of carbonyl (C=O) groups is 2. The molecule has 0 aromatic heterocycles. The van der Waals surface area contributed by atoms with E-state index in [9.17, 15) is 18.0 Å². The number of carbonyl (C=O) groups excluding carboxylic acids is 2. The number of Topliss-reactive ketones (excluding diaryl/α,β-unsaturated/α-hetero) is 1. The van der Waals surface area contributed by atoms with E-state index in [1.165, 1.54) is 43.5 Å². The maximum Gasteiger partial charge on any atom is 0.338 e. The molecule has 0 spiro atoms. The van der Waals surface area contributed by atoms with E-state index >= 15 is 0 Å². The quantitative estimate of drug-likeness (QED) is 0.594. The van der Waals surface area contributed by atoms with E-state index in [1.807, 2.05) is 19.1 Å². The number of sulfonamides is 1. The Morgan fingerprint density at radius 3 is 2.00 bits per heavy atom. The fourth-order valence-electron chi connectivity index (χ4n) is 6.43. The minimum Gasteiger partial charge on any atom is -0.454 e. The summed E-state index contributed by atoms with van der Waals surface area (Å²) in [5.74, 6) is 1.40. The van der Waals surface area contributed by atoms with Crippen LogP contribution in [0.25, 0.3) is 0 Å². The van der Waals surface area contributed by atoms with Crippen LogP contribution in [0.1, 0.15) is 54.4 Å². The Bertz CT molecular complexity index is 1130. The molecule has 4 aliphatic carbocycles. The van der Waals surface area contributed by atoms with Gasteiger partial charge in [0.15, 0.2) is 12.4 Å². The molecule has 0 atom stereocenters. The van der Waals surface area contributed by atoms with Crippen LogP contribution in [-0.4, -0.2) is 26.8 Å². The van der Waals surface area contributed by atoms with Crippen LogP contribution in [-0.2, 0) is 19.6 Å². The lowest BCUT2D eigenvalue weighted by Crippen LogP contribution is -2.51. The van der Waals surface area contributed by atoms with Crippen LogP contribution >= 0.6 is 0 Å². The molecule has 0 saturated heterocycles. The molecule has 0 amide bonds. The number of esters is 1. The summed E-state index contributed by atoms with van der Waals surface area (Å²) >= 11 is 0. The summed E-state index contributed by atoms with van der Waals surface area (Å²) in [4.78, 5) is 25.6. The molecule has 0 unspecified atom stereocenters. The predicted octanol–water partition coefficient (Wildman–Crippen LogP) is 4.74. The first-order chi connectivity index (χ1) is 15.7. The highest BCUT2D eigenvalue weighted by molar-refractivity contribution is 7.92. The number of anilines is 1. The first-order valence-electron chi connectivity index (χ1n) is 11.6. The van der Waals surface area contributed by atoms with Gasteiger partial charge < -0.3 is 4.74 Å². The van der Waals surface area contributed by atoms with Crippen molar-refractivity contribution in [2.75, 3.05) is 11.3 Å². The van der Waals surface area contributed by atoms with Crippen LogP contribution in [0.4, 0.5) is 5.69 Å². The topological polar surface area (TPSA) is 89.5 Å². The third-order valence-electron chi connectivity index (χ3n) is 7.67. The number of ether oxygens (including phenoxy) is 1. The minimum absolute atomic E-state index is 0.0456. The lowest BCUT2D eigenvalue weighted by atomic mass is 9.48. The van der Waals surface area contributed by atoms with Gasteiger partial charge in [0, 0.05) is 11.1 Å². The van der Waals surface area contributed by atoms with Crippen LogP contribution in [0.5, 0.6) is 0 Å². The van der Waals surface area contributed by atoms with E-state index in [4.69, 9.17) is 4.74 Å². The van der Waals surface area contributed by atoms with Gasteiger partial charge in [0.2, 0.25) is 0 Å². The molecule has 4 fully saturated rings. The minimum atomic E-state index is -3.78. The SMILES string of the molecule is Cc1ccc(NS(=O)(=O)c2ccc(C(=O)OCC(=O)C34CC5CC(CC(C5)C3)C4)cc2)cc1. The lowest BCUT2D eigenvalue weighted by Gasteiger charge is -2.55. The maximum atomic E-state index is 13.0. The Kier molecular flexibility index (Phi) is 5.55. The van der Waals surface area contributed by atoms with Gasteiger partial charge in [-0.05, 0) is 99.6 Å². The highest BCUT2D eigenvalue weighted by Gasteiger charge is 2.54. The van der Waals surface area contributed by atoms with Gasteiger partial charge in [-0.3, -0.25) is 9.52 Å². The molecule has 174 valence electrons. The summed E-state index contributed by atoms with van der Waals surface area (Å²) in [6, 6.07) is 12.6. The van der Waals surface area contributed by atoms with Crippen LogP contribution in [0, 0.1) is 30.1 Å². The second-order valence-corrected chi connectivity index (χ2v) is 11.9. The Hall–Kier alpha value is -2.67. The molecular formula is C26H29NO5S. The number of hydrogen-bond acceptors (Lipinski definition) is 5. The van der Waals surface area contributed by atoms with E-state index in [0.717, 1.165) is 24.8 Å². The first-order valence-corrected chi connectivity index (χ1v) is 13.1. The van der Waals surface area contributed by atoms with Crippen LogP contribution in [0.2, 0.25) is 0 Å². The zero-order valence-electron chi connectivity index (χ0n) is 18.8. The highest BCUT2D eigenvalue weighted by Crippen LogP contribution is 2.60. The van der Waals surface area contributed by atoms with Gasteiger partial charge in [-0.2, -0.15) is 0 Å². The summed E-state index contributed by atoms with van der Waals surface area (Å²) in [6.07, 6.45) is 6.57. The summed E-state index contributed by atoms with van der Waals surface area (Å²) in [5.41, 5.74) is 1.42. The van der Waals surface area contributed by atoms with Gasteiger partial charge in [-0.15, -0.1) is 0 Å². The van der Waals surface area contributed by atoms with E-state index < -0.39 is 16.0 Å². The second kappa shape index (κ2) is 8.28. The second-order valence-electron chi connectivity index (χ2n) is 10.2. The molecule has 4 aliphatic rings. The van der Waals surface area contributed by atoms with Crippen molar-refractivity contribution >= 4 is 27.5 Å². The van der Waals surface area contributed by atoms with Gasteiger partial charge in [0.25, 0.3) is 10.0 Å². The van der Waals surface area contributed by atoms with E-state index in [0.29, 0.717) is 23.4 Å². The predicted molar refractivity (Wildman–Crippen MR) is 124 cm³/mol. The lowest BCUT2D eigenvalue weighted by molar-refractivity contribution is -0.147. The highest BCUT2D eigenvalue weighted by atomic mass is 32.2. The average Bonchev–Trinajstić information content (AvgIpc) is 2.78. The third-order valence-corrected chi connectivity index (χ3v) is 9.07. The zero-order valence-corrected chi connectivity index (χ0v) is 19.6. The first kappa shape index (κ1) is 22.1. The molecule has 1 N–H and O–H groups in total. The molecule has 2 aromatic carbocycles. The molecule has 33 heavy (non-hydrogen) atoms. The number of aryl methyl sites for hydroxylation is 1. The van der Waals surface area contributed by atoms with Crippen molar-refractivity contribution in [2.45, 2.75) is 50.3 Å². The number of rotatable bonds is 7. The molecule has 4 bridgehead atoms. The number of hydrogen-bond donors (Lipinski definition) is 1. The van der Waals surface area contributed by atoms with Crippen molar-refractivity contribution in [1.29, 1.82) is 0 Å². The van der Waals surface area contributed by atoms with E-state index in [1.54, 1.807) is 12.1 Å². The van der Waals surface area contributed by atoms with Crippen LogP contribution < -0.4 is 4.72 Å². The standard InChI is InChI=1S/C26H29NO5S/c1-17-2-6-22(7-3-17)27-33(30,31)23-8-4-21(5-9-23)25(29)32-16-24(28)26-13-18-10-19(14-26)12-20(11-18)15-26/h2-9,18-20,27H,10-16H2,1H3. The summed E-state index contributed by atoms with van der Waals surface area (Å²) in [6.45, 7) is 1.72. The van der Waals surface area contributed by atoms with Crippen molar-refractivity contribution in [1.82, 2.24) is 0 Å². The maximum absolute atomic E-state index is 13.0. The van der Waals surface area contributed by atoms with Crippen molar-refractivity contribution in [3.8, 4) is 0 Å². The normalized spacial score (nSPS) is 27.8. The molecule has 0 radical (unpaired) electrons. The van der Waals surface area contributed by atoms with Gasteiger partial charge in [-0.25, -0.2) is 13.2 Å². The molecule has 6 nitrogen and oxygen atoms in total. The molecule has 0 aliphatic heterocycles. The summed E-state index contributed by atoms with van der Waals surface area (Å²) < 4.78 is 33.1. The zero-order chi connectivity index (χ0) is 23.2. The number of ketones is 1. The number of benzene rings is 2. The smallest absolute Gasteiger partial charge is 0.338 e. The van der Waals surface area contributed by atoms with Crippen molar-refractivity contribution < 1.29 is 22.7 Å². The Balaban J connectivity index is 1.20.